The monoisotopic (exact) mass is 372 g/mol. The van der Waals surface area contributed by atoms with Gasteiger partial charge in [-0.3, -0.25) is 14.7 Å². The molecule has 2 aromatic rings. The standard InChI is InChI=1S/C19H24N4O2S/c1-11-4-5-16-13(7-11)8-17(26-16)19(25)23-6-2-3-12(10-23)14-9-15(18(20)24)22-21-14/h8-9,11-12H,2-7,10H2,1H3,(H2,20,24)(H,21,22)/t11-,12-/m1/s1. The highest BCUT2D eigenvalue weighted by Crippen LogP contribution is 2.34. The number of nitrogens with one attached hydrogen (secondary N) is 1. The minimum Gasteiger partial charge on any atom is -0.364 e. The van der Waals surface area contributed by atoms with E-state index in [1.54, 1.807) is 17.4 Å². The molecule has 0 spiro atoms. The van der Waals surface area contributed by atoms with Gasteiger partial charge >= 0.3 is 0 Å². The largest absolute Gasteiger partial charge is 0.364 e. The molecule has 1 aliphatic heterocycles. The van der Waals surface area contributed by atoms with E-state index in [-0.39, 0.29) is 17.5 Å². The van der Waals surface area contributed by atoms with Gasteiger partial charge in [0, 0.05) is 29.6 Å². The van der Waals surface area contributed by atoms with Crippen LogP contribution in [0.15, 0.2) is 12.1 Å². The molecule has 0 radical (unpaired) electrons. The van der Waals surface area contributed by atoms with Crippen molar-refractivity contribution in [2.45, 2.75) is 44.9 Å². The molecule has 0 aromatic carbocycles. The number of hydrogen-bond acceptors (Lipinski definition) is 4. The molecule has 2 aromatic heterocycles. The van der Waals surface area contributed by atoms with Crippen LogP contribution in [-0.4, -0.2) is 40.0 Å². The van der Waals surface area contributed by atoms with Gasteiger partial charge in [-0.1, -0.05) is 6.92 Å². The molecule has 26 heavy (non-hydrogen) atoms. The Morgan fingerprint density at radius 3 is 2.96 bits per heavy atom. The molecule has 1 saturated heterocycles. The normalized spacial score (nSPS) is 22.9. The molecule has 0 bridgehead atoms. The molecule has 0 saturated carbocycles. The van der Waals surface area contributed by atoms with Crippen molar-refractivity contribution in [3.8, 4) is 0 Å². The Balaban J connectivity index is 1.48. The van der Waals surface area contributed by atoms with Gasteiger partial charge in [0.1, 0.15) is 5.69 Å². The van der Waals surface area contributed by atoms with Gasteiger partial charge in [-0.25, -0.2) is 0 Å². The third-order valence-corrected chi connectivity index (χ3v) is 6.76. The first-order valence-corrected chi connectivity index (χ1v) is 10.1. The maximum absolute atomic E-state index is 13.0. The number of thiophene rings is 1. The fraction of sp³-hybridized carbons (Fsp3) is 0.526. The fourth-order valence-electron chi connectivity index (χ4n) is 4.05. The average molecular weight is 372 g/mol. The first-order chi connectivity index (χ1) is 12.5. The Hall–Kier alpha value is -2.15. The highest BCUT2D eigenvalue weighted by Gasteiger charge is 2.29. The maximum Gasteiger partial charge on any atom is 0.269 e. The van der Waals surface area contributed by atoms with Crippen LogP contribution in [0.4, 0.5) is 0 Å². The number of fused-ring (bicyclic) bond motifs is 1. The molecule has 3 N–H and O–H groups in total. The summed E-state index contributed by atoms with van der Waals surface area (Å²) >= 11 is 1.67. The molecule has 6 nitrogen and oxygen atoms in total. The number of primary amides is 1. The zero-order chi connectivity index (χ0) is 18.3. The van der Waals surface area contributed by atoms with Crippen molar-refractivity contribution in [3.63, 3.8) is 0 Å². The quantitative estimate of drug-likeness (QED) is 0.868. The molecule has 4 rings (SSSR count). The number of carbonyl (C=O) groups excluding carboxylic acids is 2. The van der Waals surface area contributed by atoms with Gasteiger partial charge < -0.3 is 10.6 Å². The number of hydrogen-bond donors (Lipinski definition) is 2. The van der Waals surface area contributed by atoms with Crippen molar-refractivity contribution in [1.82, 2.24) is 15.1 Å². The second-order valence-corrected chi connectivity index (χ2v) is 8.71. The molecule has 1 aliphatic carbocycles. The van der Waals surface area contributed by atoms with Gasteiger partial charge in [-0.15, -0.1) is 11.3 Å². The van der Waals surface area contributed by atoms with E-state index in [1.165, 1.54) is 16.9 Å². The van der Waals surface area contributed by atoms with Crippen LogP contribution in [0.5, 0.6) is 0 Å². The molecule has 2 atom stereocenters. The first-order valence-electron chi connectivity index (χ1n) is 9.27. The zero-order valence-electron chi connectivity index (χ0n) is 15.0. The van der Waals surface area contributed by atoms with Crippen molar-refractivity contribution in [3.05, 3.63) is 38.8 Å². The van der Waals surface area contributed by atoms with Gasteiger partial charge in [-0.2, -0.15) is 5.10 Å². The number of aryl methyl sites for hydroxylation is 1. The van der Waals surface area contributed by atoms with Crippen molar-refractivity contribution in [1.29, 1.82) is 0 Å². The van der Waals surface area contributed by atoms with Crippen LogP contribution >= 0.6 is 11.3 Å². The summed E-state index contributed by atoms with van der Waals surface area (Å²) in [5, 5.41) is 6.88. The summed E-state index contributed by atoms with van der Waals surface area (Å²) in [5.41, 5.74) is 7.79. The highest BCUT2D eigenvalue weighted by atomic mass is 32.1. The molecular formula is C19H24N4O2S. The number of likely N-dealkylation sites (tertiary alicyclic amines) is 1. The zero-order valence-corrected chi connectivity index (χ0v) is 15.8. The highest BCUT2D eigenvalue weighted by molar-refractivity contribution is 7.14. The number of carbonyl (C=O) groups is 2. The molecular weight excluding hydrogens is 348 g/mol. The smallest absolute Gasteiger partial charge is 0.269 e. The lowest BCUT2D eigenvalue weighted by atomic mass is 9.90. The Bertz CT molecular complexity index is 840. The number of aromatic nitrogens is 2. The summed E-state index contributed by atoms with van der Waals surface area (Å²) < 4.78 is 0. The van der Waals surface area contributed by atoms with Gasteiger partial charge in [-0.05, 0) is 55.7 Å². The summed E-state index contributed by atoms with van der Waals surface area (Å²) in [6.45, 7) is 3.71. The minimum absolute atomic E-state index is 0.136. The lowest BCUT2D eigenvalue weighted by Gasteiger charge is -2.32. The molecule has 0 unspecified atom stereocenters. The van der Waals surface area contributed by atoms with E-state index in [9.17, 15) is 9.59 Å². The number of rotatable bonds is 3. The summed E-state index contributed by atoms with van der Waals surface area (Å²) in [6.07, 6.45) is 5.33. The van der Waals surface area contributed by atoms with Crippen molar-refractivity contribution in [2.24, 2.45) is 11.7 Å². The van der Waals surface area contributed by atoms with Crippen molar-refractivity contribution in [2.75, 3.05) is 13.1 Å². The Morgan fingerprint density at radius 2 is 2.19 bits per heavy atom. The predicted octanol–water partition coefficient (Wildman–Crippen LogP) is 2.71. The first kappa shape index (κ1) is 17.3. The molecule has 3 heterocycles. The summed E-state index contributed by atoms with van der Waals surface area (Å²) in [5.74, 6) is 0.480. The van der Waals surface area contributed by atoms with E-state index in [4.69, 9.17) is 5.73 Å². The molecule has 2 aliphatic rings. The fourth-order valence-corrected chi connectivity index (χ4v) is 5.23. The maximum atomic E-state index is 13.0. The van der Waals surface area contributed by atoms with E-state index in [1.807, 2.05) is 4.90 Å². The van der Waals surface area contributed by atoms with E-state index in [2.05, 4.69) is 23.2 Å². The van der Waals surface area contributed by atoms with Gasteiger partial charge in [0.15, 0.2) is 0 Å². The number of amides is 2. The number of nitrogens with zero attached hydrogens (tertiary/aromatic N) is 2. The number of piperidine rings is 1. The molecule has 2 amide bonds. The van der Waals surface area contributed by atoms with Crippen LogP contribution < -0.4 is 5.73 Å². The van der Waals surface area contributed by atoms with Gasteiger partial charge in [0.05, 0.1) is 4.88 Å². The lowest BCUT2D eigenvalue weighted by Crippen LogP contribution is -2.38. The second-order valence-electron chi connectivity index (χ2n) is 7.57. The van der Waals surface area contributed by atoms with Crippen molar-refractivity contribution < 1.29 is 9.59 Å². The summed E-state index contributed by atoms with van der Waals surface area (Å²) in [6, 6.07) is 3.83. The van der Waals surface area contributed by atoms with Crippen LogP contribution in [-0.2, 0) is 12.8 Å². The van der Waals surface area contributed by atoms with Crippen LogP contribution in [0.3, 0.4) is 0 Å². The Kier molecular flexibility index (Phi) is 4.56. The van der Waals surface area contributed by atoms with Gasteiger partial charge in [0.2, 0.25) is 0 Å². The average Bonchev–Trinajstić information content (AvgIpc) is 3.28. The van der Waals surface area contributed by atoms with Crippen molar-refractivity contribution >= 4 is 23.2 Å². The van der Waals surface area contributed by atoms with Crippen LogP contribution in [0.25, 0.3) is 0 Å². The minimum atomic E-state index is -0.533. The van der Waals surface area contributed by atoms with E-state index >= 15 is 0 Å². The van der Waals surface area contributed by atoms with Crippen LogP contribution in [0.1, 0.15) is 68.4 Å². The Labute approximate surface area is 156 Å². The number of aromatic amines is 1. The number of H-pyrrole nitrogens is 1. The summed E-state index contributed by atoms with van der Waals surface area (Å²) in [4.78, 5) is 28.5. The topological polar surface area (TPSA) is 92.1 Å². The number of nitrogens with two attached hydrogens (primary N) is 1. The molecule has 138 valence electrons. The molecule has 1 fully saturated rings. The van der Waals surface area contributed by atoms with E-state index in [0.717, 1.165) is 42.8 Å². The van der Waals surface area contributed by atoms with E-state index in [0.29, 0.717) is 12.5 Å². The van der Waals surface area contributed by atoms with Crippen LogP contribution in [0, 0.1) is 5.92 Å². The third kappa shape index (κ3) is 3.28. The SMILES string of the molecule is C[C@@H]1CCc2sc(C(=O)N3CCC[C@@H](c4cc(C(N)=O)n[nH]4)C3)cc2C1. The Morgan fingerprint density at radius 1 is 1.35 bits per heavy atom. The van der Waals surface area contributed by atoms with E-state index < -0.39 is 5.91 Å². The molecule has 7 heteroatoms. The van der Waals surface area contributed by atoms with Gasteiger partial charge in [0.25, 0.3) is 11.8 Å². The van der Waals surface area contributed by atoms with Crippen LogP contribution in [0.2, 0.25) is 0 Å². The lowest BCUT2D eigenvalue weighted by molar-refractivity contribution is 0.0710. The second kappa shape index (κ2) is 6.87. The summed E-state index contributed by atoms with van der Waals surface area (Å²) in [7, 11) is 0. The third-order valence-electron chi connectivity index (χ3n) is 5.54. The predicted molar refractivity (Wildman–Crippen MR) is 100 cm³/mol.